The van der Waals surface area contributed by atoms with Gasteiger partial charge in [0.05, 0.1) is 11.1 Å². The van der Waals surface area contributed by atoms with Gasteiger partial charge in [-0.25, -0.2) is 4.39 Å². The number of hydrogen-bond donors (Lipinski definition) is 1. The summed E-state index contributed by atoms with van der Waals surface area (Å²) < 4.78 is 51.1. The van der Waals surface area contributed by atoms with Crippen LogP contribution in [0, 0.1) is 5.82 Å². The summed E-state index contributed by atoms with van der Waals surface area (Å²) in [5.74, 6) is -2.25. The Morgan fingerprint density at radius 1 is 1.29 bits per heavy atom. The van der Waals surface area contributed by atoms with Crippen molar-refractivity contribution >= 4 is 5.91 Å². The highest BCUT2D eigenvalue weighted by Crippen LogP contribution is 2.32. The molecule has 2 nitrogen and oxygen atoms in total. The van der Waals surface area contributed by atoms with Crippen LogP contribution in [-0.4, -0.2) is 11.9 Å². The van der Waals surface area contributed by atoms with Crippen molar-refractivity contribution in [2.24, 2.45) is 0 Å². The molecule has 0 aliphatic carbocycles. The Morgan fingerprint density at radius 3 is 2.35 bits per heavy atom. The van der Waals surface area contributed by atoms with Gasteiger partial charge < -0.3 is 5.32 Å². The van der Waals surface area contributed by atoms with E-state index in [4.69, 9.17) is 0 Å². The fourth-order valence-electron chi connectivity index (χ4n) is 1.33. The maximum absolute atomic E-state index is 13.3. The van der Waals surface area contributed by atoms with Gasteiger partial charge >= 0.3 is 6.18 Å². The Bertz CT molecular complexity index is 426. The first-order valence-electron chi connectivity index (χ1n) is 4.90. The van der Waals surface area contributed by atoms with E-state index in [-0.39, 0.29) is 6.04 Å². The van der Waals surface area contributed by atoms with Gasteiger partial charge in [0.1, 0.15) is 5.82 Å². The van der Waals surface area contributed by atoms with Crippen LogP contribution in [0.2, 0.25) is 0 Å². The van der Waals surface area contributed by atoms with Gasteiger partial charge in [0.25, 0.3) is 5.91 Å². The standard InChI is InChI=1S/C11H11F4NO/c1-6(2)16-10(17)9-7(11(13,14)15)4-3-5-8(9)12/h3-6H,1-2H3,(H,16,17). The molecular weight excluding hydrogens is 238 g/mol. The molecule has 0 atom stereocenters. The zero-order chi connectivity index (χ0) is 13.2. The zero-order valence-corrected chi connectivity index (χ0v) is 9.23. The molecule has 6 heteroatoms. The number of halogens is 4. The van der Waals surface area contributed by atoms with E-state index in [9.17, 15) is 22.4 Å². The minimum atomic E-state index is -4.76. The van der Waals surface area contributed by atoms with Crippen molar-refractivity contribution in [3.8, 4) is 0 Å². The fourth-order valence-corrected chi connectivity index (χ4v) is 1.33. The summed E-state index contributed by atoms with van der Waals surface area (Å²) in [5, 5.41) is 2.23. The lowest BCUT2D eigenvalue weighted by molar-refractivity contribution is -0.138. The van der Waals surface area contributed by atoms with Crippen LogP contribution in [0.25, 0.3) is 0 Å². The first kappa shape index (κ1) is 13.5. The van der Waals surface area contributed by atoms with Crippen molar-refractivity contribution in [1.29, 1.82) is 0 Å². The predicted octanol–water partition coefficient (Wildman–Crippen LogP) is 2.98. The lowest BCUT2D eigenvalue weighted by Gasteiger charge is -2.14. The van der Waals surface area contributed by atoms with E-state index in [2.05, 4.69) is 5.32 Å². The van der Waals surface area contributed by atoms with E-state index < -0.39 is 29.0 Å². The number of nitrogens with one attached hydrogen (secondary N) is 1. The van der Waals surface area contributed by atoms with E-state index in [1.54, 1.807) is 13.8 Å². The molecule has 17 heavy (non-hydrogen) atoms. The Morgan fingerprint density at radius 2 is 1.88 bits per heavy atom. The summed E-state index contributed by atoms with van der Waals surface area (Å²) in [6, 6.07) is 2.05. The third-order valence-electron chi connectivity index (χ3n) is 1.97. The zero-order valence-electron chi connectivity index (χ0n) is 9.23. The lowest BCUT2D eigenvalue weighted by Crippen LogP contribution is -2.32. The molecule has 0 aliphatic heterocycles. The Balaban J connectivity index is 3.26. The molecular formula is C11H11F4NO. The third-order valence-corrected chi connectivity index (χ3v) is 1.97. The van der Waals surface area contributed by atoms with E-state index in [1.807, 2.05) is 0 Å². The SMILES string of the molecule is CC(C)NC(=O)c1c(F)cccc1C(F)(F)F. The number of amides is 1. The number of benzene rings is 1. The minimum absolute atomic E-state index is 0.372. The molecule has 0 unspecified atom stereocenters. The molecule has 0 fully saturated rings. The Kier molecular flexibility index (Phi) is 3.75. The van der Waals surface area contributed by atoms with Crippen molar-refractivity contribution in [3.63, 3.8) is 0 Å². The van der Waals surface area contributed by atoms with Gasteiger partial charge in [-0.05, 0) is 26.0 Å². The molecule has 0 heterocycles. The molecule has 94 valence electrons. The summed E-state index contributed by atoms with van der Waals surface area (Å²) >= 11 is 0. The largest absolute Gasteiger partial charge is 0.417 e. The van der Waals surface area contributed by atoms with E-state index in [0.717, 1.165) is 12.1 Å². The van der Waals surface area contributed by atoms with Crippen LogP contribution in [0.5, 0.6) is 0 Å². The molecule has 0 saturated carbocycles. The Hall–Kier alpha value is -1.59. The number of hydrogen-bond acceptors (Lipinski definition) is 1. The summed E-state index contributed by atoms with van der Waals surface area (Å²) in [6.07, 6.45) is -4.76. The highest BCUT2D eigenvalue weighted by Gasteiger charge is 2.36. The lowest BCUT2D eigenvalue weighted by atomic mass is 10.1. The highest BCUT2D eigenvalue weighted by atomic mass is 19.4. The average molecular weight is 249 g/mol. The molecule has 0 spiro atoms. The second-order valence-corrected chi connectivity index (χ2v) is 3.79. The van der Waals surface area contributed by atoms with Crippen molar-refractivity contribution in [2.75, 3.05) is 0 Å². The van der Waals surface area contributed by atoms with Crippen LogP contribution < -0.4 is 5.32 Å². The monoisotopic (exact) mass is 249 g/mol. The van der Waals surface area contributed by atoms with Gasteiger partial charge in [-0.2, -0.15) is 13.2 Å². The van der Waals surface area contributed by atoms with Gasteiger partial charge in [0.15, 0.2) is 0 Å². The molecule has 1 amide bonds. The van der Waals surface area contributed by atoms with Gasteiger partial charge in [-0.3, -0.25) is 4.79 Å². The average Bonchev–Trinajstić information content (AvgIpc) is 2.14. The van der Waals surface area contributed by atoms with Crippen LogP contribution in [-0.2, 0) is 6.18 Å². The normalized spacial score (nSPS) is 11.7. The molecule has 1 aromatic rings. The quantitative estimate of drug-likeness (QED) is 0.802. The van der Waals surface area contributed by atoms with Gasteiger partial charge in [-0.1, -0.05) is 6.07 Å². The Labute approximate surface area is 95.6 Å². The molecule has 0 radical (unpaired) electrons. The topological polar surface area (TPSA) is 29.1 Å². The van der Waals surface area contributed by atoms with Crippen LogP contribution in [0.4, 0.5) is 17.6 Å². The molecule has 1 aromatic carbocycles. The van der Waals surface area contributed by atoms with Crippen LogP contribution in [0.1, 0.15) is 29.8 Å². The van der Waals surface area contributed by atoms with Crippen LogP contribution >= 0.6 is 0 Å². The number of rotatable bonds is 2. The van der Waals surface area contributed by atoms with E-state index >= 15 is 0 Å². The minimum Gasteiger partial charge on any atom is -0.350 e. The van der Waals surface area contributed by atoms with Crippen LogP contribution in [0.3, 0.4) is 0 Å². The third kappa shape index (κ3) is 3.18. The summed E-state index contributed by atoms with van der Waals surface area (Å²) in [4.78, 5) is 11.5. The highest BCUT2D eigenvalue weighted by molar-refractivity contribution is 5.96. The number of carbonyl (C=O) groups is 1. The second kappa shape index (κ2) is 4.73. The van der Waals surface area contributed by atoms with Gasteiger partial charge in [0.2, 0.25) is 0 Å². The molecule has 0 saturated heterocycles. The molecule has 0 aliphatic rings. The maximum Gasteiger partial charge on any atom is 0.417 e. The first-order valence-corrected chi connectivity index (χ1v) is 4.90. The second-order valence-electron chi connectivity index (χ2n) is 3.79. The summed E-state index contributed by atoms with van der Waals surface area (Å²) in [5.41, 5.74) is -2.23. The van der Waals surface area contributed by atoms with Crippen molar-refractivity contribution < 1.29 is 22.4 Å². The van der Waals surface area contributed by atoms with Crippen molar-refractivity contribution in [3.05, 3.63) is 35.1 Å². The molecule has 0 bridgehead atoms. The smallest absolute Gasteiger partial charge is 0.350 e. The molecule has 0 aromatic heterocycles. The van der Waals surface area contributed by atoms with Crippen LogP contribution in [0.15, 0.2) is 18.2 Å². The van der Waals surface area contributed by atoms with Crippen molar-refractivity contribution in [1.82, 2.24) is 5.32 Å². The fraction of sp³-hybridized carbons (Fsp3) is 0.364. The summed E-state index contributed by atoms with van der Waals surface area (Å²) in [6.45, 7) is 3.15. The predicted molar refractivity (Wildman–Crippen MR) is 54.0 cm³/mol. The first-order chi connectivity index (χ1) is 7.73. The molecule has 1 N–H and O–H groups in total. The van der Waals surface area contributed by atoms with Gasteiger partial charge in [-0.15, -0.1) is 0 Å². The maximum atomic E-state index is 13.3. The summed E-state index contributed by atoms with van der Waals surface area (Å²) in [7, 11) is 0. The number of carbonyl (C=O) groups excluding carboxylic acids is 1. The van der Waals surface area contributed by atoms with E-state index in [1.165, 1.54) is 0 Å². The van der Waals surface area contributed by atoms with E-state index in [0.29, 0.717) is 6.07 Å². The van der Waals surface area contributed by atoms with Crippen molar-refractivity contribution in [2.45, 2.75) is 26.1 Å². The number of alkyl halides is 3. The molecule has 1 rings (SSSR count). The van der Waals surface area contributed by atoms with Gasteiger partial charge in [0, 0.05) is 6.04 Å².